The van der Waals surface area contributed by atoms with Crippen molar-refractivity contribution >= 4 is 16.8 Å². The smallest absolute Gasteiger partial charge is 0.242 e. The molecular formula is C18H16N2O2. The molecule has 0 aliphatic carbocycles. The molecule has 0 fully saturated rings. The summed E-state index contributed by atoms with van der Waals surface area (Å²) >= 11 is 0. The van der Waals surface area contributed by atoms with Crippen LogP contribution in [0.4, 0.5) is 0 Å². The number of benzene rings is 2. The maximum absolute atomic E-state index is 12.6. The summed E-state index contributed by atoms with van der Waals surface area (Å²) in [5, 5.41) is 12.6. The van der Waals surface area contributed by atoms with Gasteiger partial charge in [-0.1, -0.05) is 49.4 Å². The number of rotatable bonds is 4. The molecule has 1 aromatic heterocycles. The molecule has 0 saturated heterocycles. The van der Waals surface area contributed by atoms with Gasteiger partial charge >= 0.3 is 0 Å². The molecule has 0 unspecified atom stereocenters. The van der Waals surface area contributed by atoms with Gasteiger partial charge in [0, 0.05) is 11.6 Å². The number of hydrogen-bond donors (Lipinski definition) is 0. The Morgan fingerprint density at radius 2 is 1.77 bits per heavy atom. The summed E-state index contributed by atoms with van der Waals surface area (Å²) in [6.45, 7) is 1.94. The highest BCUT2D eigenvalue weighted by atomic mass is 16.5. The Morgan fingerprint density at radius 3 is 2.50 bits per heavy atom. The van der Waals surface area contributed by atoms with Crippen LogP contribution in [-0.4, -0.2) is 10.8 Å². The molecule has 4 nitrogen and oxygen atoms in total. The summed E-state index contributed by atoms with van der Waals surface area (Å²) in [6.07, 6.45) is 0.680. The molecule has 0 N–H and O–H groups in total. The molecule has 0 spiro atoms. The second kappa shape index (κ2) is 5.93. The zero-order valence-electron chi connectivity index (χ0n) is 12.3. The van der Waals surface area contributed by atoms with E-state index in [-0.39, 0.29) is 12.2 Å². The molecule has 0 bridgehead atoms. The average molecular weight is 292 g/mol. The molecule has 3 rings (SSSR count). The fourth-order valence-electron chi connectivity index (χ4n) is 2.54. The monoisotopic (exact) mass is 292 g/mol. The van der Waals surface area contributed by atoms with Crippen molar-refractivity contribution in [2.24, 2.45) is 0 Å². The number of carbonyl (C=O) groups excluding carboxylic acids is 1. The molecule has 0 aliphatic heterocycles. The van der Waals surface area contributed by atoms with Gasteiger partial charge in [-0.05, 0) is 12.5 Å². The largest absolute Gasteiger partial charge is 0.618 e. The van der Waals surface area contributed by atoms with Crippen LogP contribution >= 0.6 is 0 Å². The number of aryl methyl sites for hydroxylation is 1. The predicted octanol–water partition coefficient (Wildman–Crippen LogP) is 2.86. The molecule has 0 atom stereocenters. The summed E-state index contributed by atoms with van der Waals surface area (Å²) in [5.74, 6) is -0.0722. The van der Waals surface area contributed by atoms with Crippen LogP contribution in [0.3, 0.4) is 0 Å². The van der Waals surface area contributed by atoms with Crippen molar-refractivity contribution < 1.29 is 9.52 Å². The van der Waals surface area contributed by atoms with Crippen LogP contribution in [0.1, 0.15) is 28.7 Å². The molecule has 0 amide bonds. The van der Waals surface area contributed by atoms with Crippen molar-refractivity contribution in [2.75, 3.05) is 0 Å². The maximum Gasteiger partial charge on any atom is 0.242 e. The van der Waals surface area contributed by atoms with E-state index in [2.05, 4.69) is 4.98 Å². The van der Waals surface area contributed by atoms with E-state index in [1.807, 2.05) is 37.3 Å². The van der Waals surface area contributed by atoms with Crippen LogP contribution in [0, 0.1) is 5.21 Å². The van der Waals surface area contributed by atoms with Gasteiger partial charge in [-0.2, -0.15) is 4.73 Å². The first-order valence-electron chi connectivity index (χ1n) is 7.29. The van der Waals surface area contributed by atoms with Crippen molar-refractivity contribution in [1.29, 1.82) is 0 Å². The SMILES string of the molecule is CCc1nc2ccccc2[n+]([O-])c1CC(=O)c1ccccc1. The summed E-state index contributed by atoms with van der Waals surface area (Å²) in [6, 6.07) is 16.2. The van der Waals surface area contributed by atoms with Gasteiger partial charge in [-0.25, -0.2) is 4.98 Å². The lowest BCUT2D eigenvalue weighted by Crippen LogP contribution is -2.36. The highest BCUT2D eigenvalue weighted by Crippen LogP contribution is 2.14. The summed E-state index contributed by atoms with van der Waals surface area (Å²) in [5.41, 5.74) is 2.88. The Labute approximate surface area is 128 Å². The van der Waals surface area contributed by atoms with E-state index >= 15 is 0 Å². The summed E-state index contributed by atoms with van der Waals surface area (Å²) in [4.78, 5) is 16.9. The van der Waals surface area contributed by atoms with Crippen LogP contribution in [0.2, 0.25) is 0 Å². The van der Waals surface area contributed by atoms with Crippen molar-refractivity contribution in [3.05, 3.63) is 76.8 Å². The van der Waals surface area contributed by atoms with Gasteiger partial charge in [0.15, 0.2) is 5.78 Å². The fourth-order valence-corrected chi connectivity index (χ4v) is 2.54. The third-order valence-corrected chi connectivity index (χ3v) is 3.69. The second-order valence-electron chi connectivity index (χ2n) is 5.11. The molecule has 1 heterocycles. The minimum Gasteiger partial charge on any atom is -0.618 e. The van der Waals surface area contributed by atoms with Crippen molar-refractivity contribution in [2.45, 2.75) is 19.8 Å². The van der Waals surface area contributed by atoms with Crippen LogP contribution < -0.4 is 4.73 Å². The lowest BCUT2D eigenvalue weighted by molar-refractivity contribution is -0.586. The molecule has 4 heteroatoms. The summed E-state index contributed by atoms with van der Waals surface area (Å²) in [7, 11) is 0. The highest BCUT2D eigenvalue weighted by Gasteiger charge is 2.21. The average Bonchev–Trinajstić information content (AvgIpc) is 2.58. The number of nitrogens with zero attached hydrogens (tertiary/aromatic N) is 2. The minimum absolute atomic E-state index is 0.0640. The van der Waals surface area contributed by atoms with Gasteiger partial charge in [0.05, 0.1) is 6.42 Å². The maximum atomic E-state index is 12.6. The topological polar surface area (TPSA) is 56.9 Å². The van der Waals surface area contributed by atoms with Crippen LogP contribution in [0.25, 0.3) is 11.0 Å². The molecule has 0 aliphatic rings. The number of hydrogen-bond acceptors (Lipinski definition) is 3. The number of carbonyl (C=O) groups is 1. The van der Waals surface area contributed by atoms with Crippen molar-refractivity contribution in [1.82, 2.24) is 4.98 Å². The highest BCUT2D eigenvalue weighted by molar-refractivity contribution is 5.97. The Bertz CT molecular complexity index is 829. The van der Waals surface area contributed by atoms with Crippen LogP contribution in [0.15, 0.2) is 54.6 Å². The molecule has 22 heavy (non-hydrogen) atoms. The number of para-hydroxylation sites is 2. The van der Waals surface area contributed by atoms with E-state index in [0.717, 1.165) is 4.73 Å². The van der Waals surface area contributed by atoms with E-state index in [1.165, 1.54) is 0 Å². The Hall–Kier alpha value is -2.75. The van der Waals surface area contributed by atoms with E-state index in [4.69, 9.17) is 0 Å². The van der Waals surface area contributed by atoms with E-state index in [1.54, 1.807) is 24.3 Å². The third kappa shape index (κ3) is 2.55. The predicted molar refractivity (Wildman–Crippen MR) is 84.6 cm³/mol. The first-order valence-corrected chi connectivity index (χ1v) is 7.29. The lowest BCUT2D eigenvalue weighted by Gasteiger charge is -2.10. The Morgan fingerprint density at radius 1 is 1.09 bits per heavy atom. The number of aromatic nitrogens is 2. The van der Waals surface area contributed by atoms with Gasteiger partial charge in [0.25, 0.3) is 0 Å². The van der Waals surface area contributed by atoms with Gasteiger partial charge in [0.2, 0.25) is 11.2 Å². The van der Waals surface area contributed by atoms with Gasteiger partial charge in [-0.15, -0.1) is 0 Å². The Kier molecular flexibility index (Phi) is 3.83. The Balaban J connectivity index is 2.06. The van der Waals surface area contributed by atoms with Gasteiger partial charge in [-0.3, -0.25) is 4.79 Å². The molecule has 3 aromatic rings. The molecular weight excluding hydrogens is 276 g/mol. The zero-order chi connectivity index (χ0) is 15.5. The molecule has 110 valence electrons. The van der Waals surface area contributed by atoms with Crippen LogP contribution in [-0.2, 0) is 12.8 Å². The third-order valence-electron chi connectivity index (χ3n) is 3.69. The van der Waals surface area contributed by atoms with E-state index < -0.39 is 0 Å². The first kappa shape index (κ1) is 14.2. The van der Waals surface area contributed by atoms with Gasteiger partial charge in [0.1, 0.15) is 11.2 Å². The normalized spacial score (nSPS) is 10.8. The van der Waals surface area contributed by atoms with Crippen LogP contribution in [0.5, 0.6) is 0 Å². The number of Topliss-reactive ketones (excluding diaryl/α,β-unsaturated/α-hetero) is 1. The quantitative estimate of drug-likeness (QED) is 0.422. The van der Waals surface area contributed by atoms with Crippen molar-refractivity contribution in [3.63, 3.8) is 0 Å². The first-order chi connectivity index (χ1) is 10.7. The number of fused-ring (bicyclic) bond motifs is 1. The van der Waals surface area contributed by atoms with E-state index in [9.17, 15) is 10.0 Å². The van der Waals surface area contributed by atoms with Crippen molar-refractivity contribution in [3.8, 4) is 0 Å². The van der Waals surface area contributed by atoms with E-state index in [0.29, 0.717) is 34.4 Å². The number of ketones is 1. The van der Waals surface area contributed by atoms with Gasteiger partial charge < -0.3 is 5.21 Å². The second-order valence-corrected chi connectivity index (χ2v) is 5.11. The molecule has 2 aromatic carbocycles. The minimum atomic E-state index is -0.0722. The zero-order valence-corrected chi connectivity index (χ0v) is 12.3. The lowest BCUT2D eigenvalue weighted by atomic mass is 10.0. The molecule has 0 radical (unpaired) electrons. The molecule has 0 saturated carbocycles. The fraction of sp³-hybridized carbons (Fsp3) is 0.167. The standard InChI is InChI=1S/C18H16N2O2/c1-2-14-17(12-18(21)13-8-4-3-5-9-13)20(22)16-11-7-6-10-15(16)19-14/h3-11H,2,12H2,1H3. The summed E-state index contributed by atoms with van der Waals surface area (Å²) < 4.78 is 0.849.